The lowest BCUT2D eigenvalue weighted by Gasteiger charge is -2.45. The fourth-order valence-corrected chi connectivity index (χ4v) is 22.5. The third-order valence-electron chi connectivity index (χ3n) is 25.9. The van der Waals surface area contributed by atoms with Crippen LogP contribution in [0.15, 0.2) is 123 Å². The van der Waals surface area contributed by atoms with Gasteiger partial charge in [-0.3, -0.25) is 48.3 Å². The van der Waals surface area contributed by atoms with Crippen LogP contribution in [0.3, 0.4) is 0 Å². The van der Waals surface area contributed by atoms with Crippen molar-refractivity contribution < 1.29 is 99.0 Å². The minimum absolute atomic E-state index is 0.00421. The quantitative estimate of drug-likeness (QED) is 0.0295. The maximum absolute atomic E-state index is 14.7. The number of hydrogen-bond acceptors (Lipinski definition) is 28. The number of aromatic nitrogens is 3. The number of rotatable bonds is 21. The van der Waals surface area contributed by atoms with Crippen LogP contribution in [0.4, 0.5) is 29.4 Å². The monoisotopic (exact) mass is 1860 g/mol. The topological polar surface area (TPSA) is 379 Å². The summed E-state index contributed by atoms with van der Waals surface area (Å²) in [5.74, 6) is 2.10. The molecule has 15 heterocycles. The highest BCUT2D eigenvalue weighted by molar-refractivity contribution is 7.21. The Bertz CT molecular complexity index is 5280. The first-order valence-corrected chi connectivity index (χ1v) is 46.7. The number of anilines is 3. The van der Waals surface area contributed by atoms with E-state index in [1.807, 2.05) is 93.6 Å². The molecule has 6 saturated heterocycles. The van der Waals surface area contributed by atoms with Gasteiger partial charge in [0.2, 0.25) is 35.4 Å². The molecular weight excluding hydrogens is 1750 g/mol. The van der Waals surface area contributed by atoms with E-state index in [2.05, 4.69) is 36.2 Å². The molecule has 9 aliphatic heterocycles. The number of urea groups is 2. The van der Waals surface area contributed by atoms with Gasteiger partial charge in [-0.25, -0.2) is 24.5 Å². The predicted octanol–water partition coefficient (Wildman–Crippen LogP) is 14.3. The molecule has 0 bridgehead atoms. The summed E-state index contributed by atoms with van der Waals surface area (Å²) in [5, 5.41) is 12.0. The highest BCUT2D eigenvalue weighted by Gasteiger charge is 2.60. The number of methoxy groups -OCH3 is 3. The van der Waals surface area contributed by atoms with Gasteiger partial charge in [0.15, 0.2) is 17.3 Å². The smallest absolute Gasteiger partial charge is 0.317 e. The highest BCUT2D eigenvalue weighted by Crippen LogP contribution is 2.57. The second-order valence-electron chi connectivity index (χ2n) is 33.1. The fraction of sp³-hybridized carbons (Fsp3) is 0.484. The maximum Gasteiger partial charge on any atom is 0.317 e. The Hall–Kier alpha value is -10.8. The van der Waals surface area contributed by atoms with Gasteiger partial charge in [-0.05, 0) is 157 Å². The number of nitrogens with one attached hydrogen (secondary N) is 4. The Balaban J connectivity index is 0.000000146. The van der Waals surface area contributed by atoms with Gasteiger partial charge in [0.25, 0.3) is 0 Å². The predicted molar refractivity (Wildman–Crippen MR) is 486 cm³/mol. The number of hydrogen-bond donors (Lipinski definition) is 4. The molecule has 4 N–H and O–H groups in total. The van der Waals surface area contributed by atoms with Crippen molar-refractivity contribution in [1.29, 1.82) is 0 Å². The van der Waals surface area contributed by atoms with E-state index in [0.29, 0.717) is 168 Å². The van der Waals surface area contributed by atoms with E-state index < -0.39 is 39.9 Å². The molecule has 0 unspecified atom stereocenters. The Labute approximate surface area is 769 Å². The van der Waals surface area contributed by atoms with Crippen LogP contribution >= 0.6 is 45.6 Å². The van der Waals surface area contributed by atoms with Crippen LogP contribution in [-0.2, 0) is 42.8 Å². The van der Waals surface area contributed by atoms with Crippen LogP contribution in [0.25, 0.3) is 32.3 Å². The molecule has 37 heteroatoms. The summed E-state index contributed by atoms with van der Waals surface area (Å²) in [5.41, 5.74) is 2.74. The standard InChI is InChI=1S/2C31H36N4O7S.C29H33N3O6S.C2H4ClNO/c2*1-19-24-26(36)31(10-13-34(14-11-31)30(38)32-2)29(37)35(28(24)43-25(19)27-33-12-17-41-27)18-23(42-20-8-15-40-16-9-20)21-6-4-5-7-22(21)39-3;1-18-23-25(33)29(9-11-30-12-10-29)28(34)32(27(23)39-24(18)26-31-13-16-37-26)17-22(38-19-7-14-36-15-8-19)20-5-3-4-6-21(20)35-2;1-4-2(3)5/h2*4-7,12,17,20,23H,8-11,13-16,18H2,1-3H3,(H,32,38);3-6,13,16,19,22,30H,7-12,14-15,17H2,1-2H3;1H3,(H,4,5)/t2*23-;22-;/m000./s1. The van der Waals surface area contributed by atoms with Gasteiger partial charge in [-0.1, -0.05) is 54.6 Å². The summed E-state index contributed by atoms with van der Waals surface area (Å²) in [6.45, 7) is 12.5. The number of ketones is 3. The Kier molecular flexibility index (Phi) is 30.2. The van der Waals surface area contributed by atoms with E-state index in [0.717, 1.165) is 76.8 Å². The van der Waals surface area contributed by atoms with Crippen molar-refractivity contribution in [2.24, 2.45) is 16.2 Å². The zero-order valence-corrected chi connectivity index (χ0v) is 77.4. The summed E-state index contributed by atoms with van der Waals surface area (Å²) in [6, 6.07) is 22.7. The summed E-state index contributed by atoms with van der Waals surface area (Å²) < 4.78 is 70.9. The number of likely N-dealkylation sites (tertiary alicyclic amines) is 2. The van der Waals surface area contributed by atoms with Gasteiger partial charge >= 0.3 is 17.4 Å². The van der Waals surface area contributed by atoms with E-state index in [1.165, 1.54) is 59.8 Å². The maximum atomic E-state index is 14.7. The van der Waals surface area contributed by atoms with Gasteiger partial charge in [0.1, 0.15) is 85.6 Å². The fourth-order valence-electron chi connectivity index (χ4n) is 18.8. The highest BCUT2D eigenvalue weighted by atomic mass is 35.5. The van der Waals surface area contributed by atoms with Crippen LogP contribution < -0.4 is 50.2 Å². The molecule has 3 aromatic carbocycles. The average molecular weight is 1860 g/mol. The van der Waals surface area contributed by atoms with Crippen LogP contribution in [0.1, 0.15) is 160 Å². The van der Waals surface area contributed by atoms with Crippen LogP contribution in [-0.4, -0.2) is 237 Å². The summed E-state index contributed by atoms with van der Waals surface area (Å²) in [6.07, 6.45) is 14.0. The summed E-state index contributed by atoms with van der Waals surface area (Å²) in [7, 11) is 9.50. The molecule has 33 nitrogen and oxygen atoms in total. The number of fused-ring (bicyclic) bond motifs is 3. The molecule has 0 aliphatic carbocycles. The SMILES string of the molecule is CNC(=O)Cl.CNC(=O)N1CCC2(CC1)C(=O)c1c(sc(-c3ncco3)c1C)N(C[C@H](OC1CCOCC1)c1ccccc1OC)C2=O.CNC(=O)N1CCC2(CC1)C(=O)c1c(sc(-c3ncco3)c1C)N(C[C@H](OC1CCOCC1)c1ccccc1OC)C2=O.COc1ccccc1[C@H](CN1C(=O)C2(CCNCC2)C(=O)c2c1sc(-c1ncco1)c2C)OC1CCOCC1. The molecule has 692 valence electrons. The molecule has 130 heavy (non-hydrogen) atoms. The van der Waals surface area contributed by atoms with Crippen molar-refractivity contribution in [3.05, 3.63) is 160 Å². The molecule has 6 aromatic heterocycles. The average Bonchev–Trinajstić information content (AvgIpc) is 1.55. The van der Waals surface area contributed by atoms with Crippen LogP contribution in [0.5, 0.6) is 17.2 Å². The molecule has 8 amide bonds. The summed E-state index contributed by atoms with van der Waals surface area (Å²) >= 11 is 8.76. The third kappa shape index (κ3) is 18.9. The number of carbonyl (C=O) groups is 9. The van der Waals surface area contributed by atoms with Crippen LogP contribution in [0, 0.1) is 37.0 Å². The second kappa shape index (κ2) is 41.8. The number of para-hydroxylation sites is 3. The minimum atomic E-state index is -1.29. The molecule has 3 spiro atoms. The number of carbonyl (C=O) groups excluding carboxylic acids is 9. The Morgan fingerprint density at radius 3 is 0.977 bits per heavy atom. The molecule has 0 radical (unpaired) electrons. The largest absolute Gasteiger partial charge is 0.496 e. The van der Waals surface area contributed by atoms with Crippen molar-refractivity contribution >= 4 is 113 Å². The van der Waals surface area contributed by atoms with Crippen LogP contribution in [0.2, 0.25) is 0 Å². The minimum Gasteiger partial charge on any atom is -0.496 e. The number of ether oxygens (including phenoxy) is 9. The van der Waals surface area contributed by atoms with E-state index >= 15 is 0 Å². The van der Waals surface area contributed by atoms with Crippen molar-refractivity contribution in [2.45, 2.75) is 134 Å². The normalized spacial score (nSPS) is 19.2. The molecule has 6 fully saturated rings. The second-order valence-corrected chi connectivity index (χ2v) is 36.4. The number of amides is 8. The first-order chi connectivity index (χ1) is 63.0. The van der Waals surface area contributed by atoms with Gasteiger partial charge < -0.3 is 87.0 Å². The van der Waals surface area contributed by atoms with Crippen molar-refractivity contribution in [1.82, 2.24) is 46.0 Å². The molecular formula is C93H109ClN12O21S3. The third-order valence-corrected chi connectivity index (χ3v) is 30.0. The molecule has 9 aromatic rings. The van der Waals surface area contributed by atoms with Crippen molar-refractivity contribution in [2.75, 3.05) is 156 Å². The number of Topliss-reactive ketones (excluding diaryl/α,β-unsaturated/α-hetero) is 3. The van der Waals surface area contributed by atoms with Crippen molar-refractivity contribution in [3.63, 3.8) is 0 Å². The van der Waals surface area contributed by atoms with E-state index in [1.54, 1.807) is 78.5 Å². The number of benzene rings is 3. The number of piperidine rings is 3. The number of nitrogens with zero attached hydrogens (tertiary/aromatic N) is 8. The van der Waals surface area contributed by atoms with Crippen molar-refractivity contribution in [3.8, 4) is 49.6 Å². The lowest BCUT2D eigenvalue weighted by atomic mass is 9.69. The molecule has 0 saturated carbocycles. The molecule has 9 aliphatic rings. The van der Waals surface area contributed by atoms with E-state index in [4.69, 9.17) is 67.5 Å². The van der Waals surface area contributed by atoms with Gasteiger partial charge in [-0.15, -0.1) is 34.0 Å². The zero-order chi connectivity index (χ0) is 91.5. The number of oxazole rings is 3. The van der Waals surface area contributed by atoms with Gasteiger partial charge in [-0.2, -0.15) is 0 Å². The van der Waals surface area contributed by atoms with E-state index in [-0.39, 0.29) is 111 Å². The number of halogens is 1. The first-order valence-electron chi connectivity index (χ1n) is 43.9. The lowest BCUT2D eigenvalue weighted by Crippen LogP contribution is -2.59. The zero-order valence-electron chi connectivity index (χ0n) is 74.2. The first kappa shape index (κ1) is 93.9. The van der Waals surface area contributed by atoms with E-state index in [9.17, 15) is 43.2 Å². The Morgan fingerprint density at radius 2 is 0.723 bits per heavy atom. The summed E-state index contributed by atoms with van der Waals surface area (Å²) in [4.78, 5) is 145. The Morgan fingerprint density at radius 1 is 0.446 bits per heavy atom. The lowest BCUT2D eigenvalue weighted by molar-refractivity contribution is -0.130. The van der Waals surface area contributed by atoms with Gasteiger partial charge in [0, 0.05) is 104 Å². The molecule has 18 rings (SSSR count). The molecule has 3 atom stereocenters. The number of thiophene rings is 3. The van der Waals surface area contributed by atoms with Gasteiger partial charge in [0.05, 0.1) is 109 Å².